The van der Waals surface area contributed by atoms with Crippen molar-refractivity contribution in [1.29, 1.82) is 0 Å². The number of unbranched alkanes of at least 4 members (excludes halogenated alkanes) is 2. The number of nitro groups is 1. The van der Waals surface area contributed by atoms with Crippen molar-refractivity contribution < 1.29 is 19.6 Å². The maximum atomic E-state index is 12.1. The Balaban J connectivity index is 2.04. The highest BCUT2D eigenvalue weighted by molar-refractivity contribution is 5.90. The third-order valence-electron chi connectivity index (χ3n) is 3.83. The molecule has 2 rings (SSSR count). The molecule has 132 valence electrons. The molecule has 0 radical (unpaired) electrons. The Morgan fingerprint density at radius 1 is 1.08 bits per heavy atom. The van der Waals surface area contributed by atoms with Crippen molar-refractivity contribution in [2.24, 2.45) is 0 Å². The predicted molar refractivity (Wildman–Crippen MR) is 93.3 cm³/mol. The van der Waals surface area contributed by atoms with E-state index >= 15 is 0 Å². The van der Waals surface area contributed by atoms with Crippen LogP contribution in [0.15, 0.2) is 48.5 Å². The summed E-state index contributed by atoms with van der Waals surface area (Å²) < 4.78 is 5.21. The molecule has 0 saturated carbocycles. The van der Waals surface area contributed by atoms with Crippen LogP contribution in [0.1, 0.15) is 40.7 Å². The number of nitro benzene ring substituents is 1. The van der Waals surface area contributed by atoms with Crippen LogP contribution in [-0.4, -0.2) is 22.6 Å². The lowest BCUT2D eigenvalue weighted by molar-refractivity contribution is -0.385. The Bertz CT molecular complexity index is 715. The summed E-state index contributed by atoms with van der Waals surface area (Å²) in [5, 5.41) is 20.1. The molecule has 25 heavy (non-hydrogen) atoms. The largest absolute Gasteiger partial charge is 0.457 e. The normalized spacial score (nSPS) is 10.4. The first-order chi connectivity index (χ1) is 12.1. The summed E-state index contributed by atoms with van der Waals surface area (Å²) in [4.78, 5) is 22.9. The summed E-state index contributed by atoms with van der Waals surface area (Å²) in [6, 6.07) is 13.7. The predicted octanol–water partition coefficient (Wildman–Crippen LogP) is 3.66. The van der Waals surface area contributed by atoms with Gasteiger partial charge in [0.1, 0.15) is 6.61 Å². The number of benzene rings is 2. The molecule has 1 N–H and O–H groups in total. The zero-order chi connectivity index (χ0) is 18.1. The number of aliphatic hydroxyl groups excluding tert-OH is 1. The fourth-order valence-corrected chi connectivity index (χ4v) is 2.48. The zero-order valence-electron chi connectivity index (χ0n) is 13.9. The first-order valence-corrected chi connectivity index (χ1v) is 8.21. The second kappa shape index (κ2) is 9.54. The number of rotatable bonds is 9. The third-order valence-corrected chi connectivity index (χ3v) is 3.83. The van der Waals surface area contributed by atoms with Crippen molar-refractivity contribution in [2.75, 3.05) is 6.61 Å². The van der Waals surface area contributed by atoms with Crippen LogP contribution in [0, 0.1) is 10.1 Å². The highest BCUT2D eigenvalue weighted by Crippen LogP contribution is 2.23. The van der Waals surface area contributed by atoms with Crippen LogP contribution in [-0.2, 0) is 17.8 Å². The molecule has 2 aromatic carbocycles. The standard InChI is InChI=1S/C19H21NO5/c21-12-6-2-5-9-16-10-11-17(13-18(16)20(23)24)19(22)25-14-15-7-3-1-4-8-15/h1,3-4,7-8,10-11,13,21H,2,5-6,9,12,14H2. The number of carbonyl (C=O) groups excluding carboxylic acids is 1. The number of esters is 1. The lowest BCUT2D eigenvalue weighted by Gasteiger charge is -2.07. The molecule has 0 aliphatic carbocycles. The monoisotopic (exact) mass is 343 g/mol. The van der Waals surface area contributed by atoms with Gasteiger partial charge in [0.25, 0.3) is 5.69 Å². The highest BCUT2D eigenvalue weighted by Gasteiger charge is 2.18. The Hall–Kier alpha value is -2.73. The van der Waals surface area contributed by atoms with Gasteiger partial charge in [-0.1, -0.05) is 42.8 Å². The molecule has 0 spiro atoms. The molecule has 0 aliphatic heterocycles. The van der Waals surface area contributed by atoms with Gasteiger partial charge in [0.15, 0.2) is 0 Å². The average molecular weight is 343 g/mol. The summed E-state index contributed by atoms with van der Waals surface area (Å²) in [6.07, 6.45) is 2.76. The van der Waals surface area contributed by atoms with Crippen LogP contribution in [0.5, 0.6) is 0 Å². The van der Waals surface area contributed by atoms with Crippen molar-refractivity contribution in [2.45, 2.75) is 32.3 Å². The number of ether oxygens (including phenoxy) is 1. The second-order valence-corrected chi connectivity index (χ2v) is 5.70. The van der Waals surface area contributed by atoms with E-state index in [1.807, 2.05) is 30.3 Å². The minimum absolute atomic E-state index is 0.0711. The fraction of sp³-hybridized carbons (Fsp3) is 0.316. The minimum atomic E-state index is -0.584. The van der Waals surface area contributed by atoms with Crippen LogP contribution in [0.3, 0.4) is 0 Å². The van der Waals surface area contributed by atoms with Gasteiger partial charge in [0.05, 0.1) is 10.5 Å². The van der Waals surface area contributed by atoms with Crippen LogP contribution < -0.4 is 0 Å². The van der Waals surface area contributed by atoms with E-state index in [-0.39, 0.29) is 24.5 Å². The quantitative estimate of drug-likeness (QED) is 0.325. The molecule has 0 fully saturated rings. The number of aliphatic hydroxyl groups is 1. The van der Waals surface area contributed by atoms with Crippen molar-refractivity contribution in [1.82, 2.24) is 0 Å². The lowest BCUT2D eigenvalue weighted by Crippen LogP contribution is -2.07. The zero-order valence-corrected chi connectivity index (χ0v) is 13.9. The number of hydrogen-bond acceptors (Lipinski definition) is 5. The summed E-state index contributed by atoms with van der Waals surface area (Å²) in [5.74, 6) is -0.584. The minimum Gasteiger partial charge on any atom is -0.457 e. The van der Waals surface area contributed by atoms with Crippen molar-refractivity contribution in [3.8, 4) is 0 Å². The van der Waals surface area contributed by atoms with Crippen LogP contribution >= 0.6 is 0 Å². The van der Waals surface area contributed by atoms with E-state index in [0.29, 0.717) is 18.4 Å². The first kappa shape index (κ1) is 18.6. The van der Waals surface area contributed by atoms with E-state index in [1.165, 1.54) is 6.07 Å². The molecule has 0 amide bonds. The van der Waals surface area contributed by atoms with Gasteiger partial charge in [-0.15, -0.1) is 0 Å². The molecule has 0 saturated heterocycles. The van der Waals surface area contributed by atoms with Crippen molar-refractivity contribution in [3.63, 3.8) is 0 Å². The molecule has 0 atom stereocenters. The van der Waals surface area contributed by atoms with E-state index in [2.05, 4.69) is 0 Å². The van der Waals surface area contributed by atoms with Gasteiger partial charge >= 0.3 is 5.97 Å². The molecule has 0 aromatic heterocycles. The molecule has 6 nitrogen and oxygen atoms in total. The Morgan fingerprint density at radius 2 is 1.84 bits per heavy atom. The number of hydrogen-bond donors (Lipinski definition) is 1. The average Bonchev–Trinajstić information content (AvgIpc) is 2.64. The molecule has 0 heterocycles. The molecule has 2 aromatic rings. The maximum Gasteiger partial charge on any atom is 0.338 e. The second-order valence-electron chi connectivity index (χ2n) is 5.70. The third kappa shape index (κ3) is 5.69. The Kier molecular flexibility index (Phi) is 7.10. The van der Waals surface area contributed by atoms with Gasteiger partial charge in [-0.2, -0.15) is 0 Å². The van der Waals surface area contributed by atoms with Crippen molar-refractivity contribution >= 4 is 11.7 Å². The van der Waals surface area contributed by atoms with E-state index < -0.39 is 10.9 Å². The number of aryl methyl sites for hydroxylation is 1. The molecule has 0 bridgehead atoms. The molecular weight excluding hydrogens is 322 g/mol. The van der Waals surface area contributed by atoms with Gasteiger partial charge in [-0.25, -0.2) is 4.79 Å². The highest BCUT2D eigenvalue weighted by atomic mass is 16.6. The van der Waals surface area contributed by atoms with Gasteiger partial charge in [-0.05, 0) is 30.9 Å². The van der Waals surface area contributed by atoms with Gasteiger partial charge in [0.2, 0.25) is 0 Å². The molecule has 0 unspecified atom stereocenters. The summed E-state index contributed by atoms with van der Waals surface area (Å²) in [6.45, 7) is 0.241. The smallest absolute Gasteiger partial charge is 0.338 e. The lowest BCUT2D eigenvalue weighted by atomic mass is 10.0. The summed E-state index contributed by atoms with van der Waals surface area (Å²) >= 11 is 0. The van der Waals surface area contributed by atoms with E-state index in [1.54, 1.807) is 12.1 Å². The number of nitrogens with zero attached hydrogens (tertiary/aromatic N) is 1. The Morgan fingerprint density at radius 3 is 2.52 bits per heavy atom. The number of carbonyl (C=O) groups is 1. The van der Waals surface area contributed by atoms with Gasteiger partial charge in [-0.3, -0.25) is 10.1 Å². The molecule has 6 heteroatoms. The SMILES string of the molecule is O=C(OCc1ccccc1)c1ccc(CCCCCO)c([N+](=O)[O-])c1. The summed E-state index contributed by atoms with van der Waals surface area (Å²) in [7, 11) is 0. The first-order valence-electron chi connectivity index (χ1n) is 8.21. The van der Waals surface area contributed by atoms with Crippen LogP contribution in [0.25, 0.3) is 0 Å². The van der Waals surface area contributed by atoms with Gasteiger partial charge < -0.3 is 9.84 Å². The summed E-state index contributed by atoms with van der Waals surface area (Å²) in [5.41, 5.74) is 1.54. The van der Waals surface area contributed by atoms with Gasteiger partial charge in [0, 0.05) is 18.2 Å². The Labute approximate surface area is 146 Å². The maximum absolute atomic E-state index is 12.1. The molecular formula is C19H21NO5. The van der Waals surface area contributed by atoms with E-state index in [4.69, 9.17) is 9.84 Å². The van der Waals surface area contributed by atoms with Crippen molar-refractivity contribution in [3.05, 3.63) is 75.3 Å². The van der Waals surface area contributed by atoms with Crippen LogP contribution in [0.2, 0.25) is 0 Å². The molecule has 0 aliphatic rings. The fourth-order valence-electron chi connectivity index (χ4n) is 2.48. The van der Waals surface area contributed by atoms with Crippen LogP contribution in [0.4, 0.5) is 5.69 Å². The van der Waals surface area contributed by atoms with E-state index in [9.17, 15) is 14.9 Å². The topological polar surface area (TPSA) is 89.7 Å². The van der Waals surface area contributed by atoms with E-state index in [0.717, 1.165) is 18.4 Å².